The van der Waals surface area contributed by atoms with E-state index >= 15 is 0 Å². The number of hydrogen-bond donors (Lipinski definition) is 4. The molecule has 1 aromatic heterocycles. The summed E-state index contributed by atoms with van der Waals surface area (Å²) in [4.78, 5) is 47.4. The van der Waals surface area contributed by atoms with Gasteiger partial charge in [-0.05, 0) is 44.2 Å². The van der Waals surface area contributed by atoms with Crippen LogP contribution >= 0.6 is 11.3 Å². The molecule has 1 aromatic carbocycles. The molecule has 10 nitrogen and oxygen atoms in total. The maximum Gasteiger partial charge on any atom is 0.408 e. The first kappa shape index (κ1) is 30.5. The summed E-state index contributed by atoms with van der Waals surface area (Å²) in [6.07, 6.45) is -2.17. The number of nitrogens with one attached hydrogen (secondary N) is 1. The number of hydrogen-bond acceptors (Lipinski definition) is 7. The Balaban J connectivity index is 1.85. The molecule has 214 valence electrons. The number of aliphatic hydroxyl groups is 2. The molecule has 3 amide bonds. The summed E-state index contributed by atoms with van der Waals surface area (Å²) < 4.78 is 0. The van der Waals surface area contributed by atoms with Crippen molar-refractivity contribution in [1.29, 1.82) is 0 Å². The van der Waals surface area contributed by atoms with E-state index in [1.165, 1.54) is 16.2 Å². The number of benzene rings is 1. The molecule has 3 rings (SSSR count). The Morgan fingerprint density at radius 2 is 1.77 bits per heavy atom. The lowest BCUT2D eigenvalue weighted by molar-refractivity contribution is -0.147. The van der Waals surface area contributed by atoms with E-state index in [0.717, 1.165) is 21.0 Å². The van der Waals surface area contributed by atoms with Crippen molar-refractivity contribution in [2.24, 2.45) is 5.41 Å². The van der Waals surface area contributed by atoms with Gasteiger partial charge in [-0.2, -0.15) is 0 Å². The Hall–Kier alpha value is -3.02. The third kappa shape index (κ3) is 6.77. The van der Waals surface area contributed by atoms with Crippen LogP contribution in [-0.4, -0.2) is 84.9 Å². The number of rotatable bonds is 7. The number of aliphatic hydroxyl groups excluding tert-OH is 2. The van der Waals surface area contributed by atoms with Gasteiger partial charge >= 0.3 is 6.09 Å². The molecule has 11 heteroatoms. The van der Waals surface area contributed by atoms with Crippen molar-refractivity contribution in [1.82, 2.24) is 20.1 Å². The topological polar surface area (TPSA) is 143 Å². The number of carbonyl (C=O) groups excluding carboxylic acids is 2. The average molecular weight is 561 g/mol. The molecule has 0 bridgehead atoms. The molecule has 1 aliphatic heterocycles. The maximum absolute atomic E-state index is 13.9. The second-order valence-corrected chi connectivity index (χ2v) is 13.0. The van der Waals surface area contributed by atoms with E-state index in [1.54, 1.807) is 47.1 Å². The number of carbonyl (C=O) groups is 3. The van der Waals surface area contributed by atoms with Crippen LogP contribution in [0.15, 0.2) is 29.8 Å². The highest BCUT2D eigenvalue weighted by atomic mass is 32.1. The molecule has 0 aliphatic carbocycles. The Bertz CT molecular complexity index is 1180. The Labute approximate surface area is 233 Å². The number of aromatic nitrogens is 1. The van der Waals surface area contributed by atoms with Crippen LogP contribution in [0.4, 0.5) is 4.79 Å². The minimum Gasteiger partial charge on any atom is -0.465 e. The lowest BCUT2D eigenvalue weighted by atomic mass is 9.82. The molecular formula is C28H40N4O6S. The molecule has 4 atom stereocenters. The van der Waals surface area contributed by atoms with Gasteiger partial charge in [0.05, 0.1) is 34.8 Å². The highest BCUT2D eigenvalue weighted by molar-refractivity contribution is 7.13. The lowest BCUT2D eigenvalue weighted by Crippen LogP contribution is -2.63. The van der Waals surface area contributed by atoms with Gasteiger partial charge in [-0.1, -0.05) is 45.0 Å². The van der Waals surface area contributed by atoms with Gasteiger partial charge in [-0.25, -0.2) is 9.78 Å². The smallest absolute Gasteiger partial charge is 0.408 e. The van der Waals surface area contributed by atoms with E-state index < -0.39 is 53.1 Å². The van der Waals surface area contributed by atoms with Gasteiger partial charge in [-0.15, -0.1) is 11.3 Å². The number of aryl methyl sites for hydroxylation is 1. The second-order valence-electron chi connectivity index (χ2n) is 12.1. The number of carboxylic acid groups (broad SMARTS) is 1. The summed E-state index contributed by atoms with van der Waals surface area (Å²) in [5, 5.41) is 33.4. The number of likely N-dealkylation sites (tertiary alicyclic amines) is 1. The predicted molar refractivity (Wildman–Crippen MR) is 149 cm³/mol. The zero-order valence-electron chi connectivity index (χ0n) is 23.6. The molecule has 0 unspecified atom stereocenters. The van der Waals surface area contributed by atoms with Gasteiger partial charge in [0.2, 0.25) is 11.8 Å². The van der Waals surface area contributed by atoms with Crippen LogP contribution in [0.5, 0.6) is 0 Å². The van der Waals surface area contributed by atoms with Crippen molar-refractivity contribution in [3.8, 4) is 10.4 Å². The van der Waals surface area contributed by atoms with Crippen LogP contribution in [0, 0.1) is 12.3 Å². The molecule has 1 aliphatic rings. The molecule has 2 aromatic rings. The zero-order chi connectivity index (χ0) is 29.3. The third-order valence-corrected chi connectivity index (χ3v) is 7.90. The largest absolute Gasteiger partial charge is 0.465 e. The maximum atomic E-state index is 13.9. The Kier molecular flexibility index (Phi) is 9.09. The van der Waals surface area contributed by atoms with Gasteiger partial charge in [0.1, 0.15) is 12.1 Å². The number of amides is 3. The monoisotopic (exact) mass is 560 g/mol. The Morgan fingerprint density at radius 3 is 2.23 bits per heavy atom. The number of thiazole rings is 1. The van der Waals surface area contributed by atoms with Crippen molar-refractivity contribution in [3.63, 3.8) is 0 Å². The molecular weight excluding hydrogens is 520 g/mol. The molecule has 0 spiro atoms. The average Bonchev–Trinajstić information content (AvgIpc) is 3.44. The summed E-state index contributed by atoms with van der Waals surface area (Å²) in [6.45, 7) is 11.9. The van der Waals surface area contributed by atoms with Gasteiger partial charge in [0.15, 0.2) is 0 Å². The normalized spacial score (nSPS) is 19.5. The van der Waals surface area contributed by atoms with Crippen LogP contribution in [0.1, 0.15) is 65.3 Å². The molecule has 4 N–H and O–H groups in total. The molecule has 0 radical (unpaired) electrons. The van der Waals surface area contributed by atoms with Crippen molar-refractivity contribution >= 4 is 29.2 Å². The van der Waals surface area contributed by atoms with Crippen LogP contribution in [0.2, 0.25) is 0 Å². The summed E-state index contributed by atoms with van der Waals surface area (Å²) in [5.74, 6) is -1.06. The first-order chi connectivity index (χ1) is 18.1. The SMILES string of the molecule is Cc1ncsc1-c1ccc([C@H](CO)NC(=O)[C@@H]2C[C@@H](O)CN2C(=O)[C@@H](N(C(=O)O)C(C)(C)C)C(C)(C)C)cc1. The molecule has 2 heterocycles. The van der Waals surface area contributed by atoms with Crippen LogP contribution in [-0.2, 0) is 9.59 Å². The summed E-state index contributed by atoms with van der Waals surface area (Å²) in [5.41, 5.74) is 2.69. The van der Waals surface area contributed by atoms with Gasteiger partial charge in [0.25, 0.3) is 0 Å². The van der Waals surface area contributed by atoms with Crippen molar-refractivity contribution in [2.45, 2.75) is 84.7 Å². The van der Waals surface area contributed by atoms with Crippen LogP contribution < -0.4 is 5.32 Å². The first-order valence-corrected chi connectivity index (χ1v) is 13.9. The van der Waals surface area contributed by atoms with E-state index in [1.807, 2.05) is 31.2 Å². The fourth-order valence-corrected chi connectivity index (χ4v) is 5.88. The highest BCUT2D eigenvalue weighted by Gasteiger charge is 2.49. The van der Waals surface area contributed by atoms with E-state index in [-0.39, 0.29) is 19.6 Å². The number of β-amino-alcohol motifs (C(OH)–C–C–N with tert-alkyl or cyclic N) is 1. The van der Waals surface area contributed by atoms with Gasteiger partial charge < -0.3 is 25.5 Å². The van der Waals surface area contributed by atoms with Crippen LogP contribution in [0.25, 0.3) is 10.4 Å². The summed E-state index contributed by atoms with van der Waals surface area (Å²) >= 11 is 1.53. The van der Waals surface area contributed by atoms with Crippen molar-refractivity contribution in [3.05, 3.63) is 41.0 Å². The summed E-state index contributed by atoms with van der Waals surface area (Å²) in [7, 11) is 0. The molecule has 1 fully saturated rings. The first-order valence-electron chi connectivity index (χ1n) is 13.0. The molecule has 39 heavy (non-hydrogen) atoms. The standard InChI is InChI=1S/C28H40N4O6S/c1-16-22(39-15-29-16)18-10-8-17(9-11-18)20(14-33)30-24(35)21-12-19(34)13-31(21)25(36)23(27(2,3)4)32(26(37)38)28(5,6)7/h8-11,15,19-21,23,33-34H,12-14H2,1-7H3,(H,30,35)(H,37,38)/t19-,20+,21+,23-/m1/s1. The fourth-order valence-electron chi connectivity index (χ4n) is 5.06. The van der Waals surface area contributed by atoms with E-state index in [0.29, 0.717) is 5.56 Å². The molecule has 1 saturated heterocycles. The summed E-state index contributed by atoms with van der Waals surface area (Å²) in [6, 6.07) is 4.62. The van der Waals surface area contributed by atoms with E-state index in [4.69, 9.17) is 0 Å². The second kappa shape index (κ2) is 11.6. The minimum absolute atomic E-state index is 0.0127. The van der Waals surface area contributed by atoms with E-state index in [2.05, 4.69) is 10.3 Å². The van der Waals surface area contributed by atoms with Gasteiger partial charge in [0, 0.05) is 18.5 Å². The van der Waals surface area contributed by atoms with Gasteiger partial charge in [-0.3, -0.25) is 14.5 Å². The predicted octanol–water partition coefficient (Wildman–Crippen LogP) is 3.42. The van der Waals surface area contributed by atoms with Crippen molar-refractivity contribution in [2.75, 3.05) is 13.2 Å². The third-order valence-electron chi connectivity index (χ3n) is 6.93. The number of nitrogens with zero attached hydrogens (tertiary/aromatic N) is 3. The quantitative estimate of drug-likeness (QED) is 0.406. The fraction of sp³-hybridized carbons (Fsp3) is 0.571. The highest BCUT2D eigenvalue weighted by Crippen LogP contribution is 2.34. The minimum atomic E-state index is -1.24. The van der Waals surface area contributed by atoms with Crippen molar-refractivity contribution < 1.29 is 29.7 Å². The zero-order valence-corrected chi connectivity index (χ0v) is 24.5. The molecule has 0 saturated carbocycles. The Morgan fingerprint density at radius 1 is 1.15 bits per heavy atom. The van der Waals surface area contributed by atoms with Crippen LogP contribution in [0.3, 0.4) is 0 Å². The lowest BCUT2D eigenvalue weighted by Gasteiger charge is -2.46. The van der Waals surface area contributed by atoms with E-state index in [9.17, 15) is 29.7 Å².